The Balaban J connectivity index is 0.00000264. The van der Waals surface area contributed by atoms with Crippen molar-refractivity contribution in [2.75, 3.05) is 0 Å². The van der Waals surface area contributed by atoms with Crippen LogP contribution in [-0.2, 0) is 11.3 Å². The Bertz CT molecular complexity index is 472. The summed E-state index contributed by atoms with van der Waals surface area (Å²) in [5, 5.41) is 12.9. The number of hydrogen-bond donors (Lipinski definition) is 3. The minimum atomic E-state index is -1.12. The van der Waals surface area contributed by atoms with Gasteiger partial charge in [0.15, 0.2) is 0 Å². The first kappa shape index (κ1) is 19.9. The highest BCUT2D eigenvalue weighted by Crippen LogP contribution is 2.27. The molecule has 1 aliphatic rings. The Morgan fingerprint density at radius 3 is 2.48 bits per heavy atom. The number of nitrogens with two attached hydrogens (primary N) is 1. The molecule has 0 radical (unpaired) electrons. The number of aliphatic hydroxyl groups excluding tert-OH is 1. The molecule has 2 rings (SSSR count). The van der Waals surface area contributed by atoms with Crippen LogP contribution in [-0.4, -0.2) is 23.2 Å². The van der Waals surface area contributed by atoms with Crippen LogP contribution >= 0.6 is 12.4 Å². The zero-order chi connectivity index (χ0) is 15.9. The van der Waals surface area contributed by atoms with E-state index in [4.69, 9.17) is 5.73 Å². The number of halogens is 1. The van der Waals surface area contributed by atoms with Gasteiger partial charge in [0.05, 0.1) is 0 Å². The van der Waals surface area contributed by atoms with Gasteiger partial charge in [-0.15, -0.1) is 12.4 Å². The van der Waals surface area contributed by atoms with Gasteiger partial charge in [0.2, 0.25) is 0 Å². The fourth-order valence-electron chi connectivity index (χ4n) is 3.13. The quantitative estimate of drug-likeness (QED) is 0.745. The third-order valence-electron chi connectivity index (χ3n) is 4.59. The normalized spacial score (nSPS) is 17.9. The molecular weight excluding hydrogens is 312 g/mol. The van der Waals surface area contributed by atoms with E-state index in [1.807, 2.05) is 31.2 Å². The van der Waals surface area contributed by atoms with E-state index in [1.165, 1.54) is 37.7 Å². The van der Waals surface area contributed by atoms with E-state index >= 15 is 0 Å². The van der Waals surface area contributed by atoms with Crippen molar-refractivity contribution in [2.45, 2.75) is 64.1 Å². The van der Waals surface area contributed by atoms with Crippen molar-refractivity contribution in [2.24, 2.45) is 11.7 Å². The number of rotatable bonds is 6. The molecule has 0 heterocycles. The predicted octanol–water partition coefficient (Wildman–Crippen LogP) is 2.69. The average Bonchev–Trinajstić information content (AvgIpc) is 2.54. The molecule has 5 heteroatoms. The molecule has 1 fully saturated rings. The van der Waals surface area contributed by atoms with E-state index in [2.05, 4.69) is 5.32 Å². The van der Waals surface area contributed by atoms with Gasteiger partial charge in [0, 0.05) is 12.6 Å². The van der Waals surface area contributed by atoms with Crippen molar-refractivity contribution in [3.8, 4) is 0 Å². The van der Waals surface area contributed by atoms with Gasteiger partial charge in [-0.1, -0.05) is 61.9 Å². The molecule has 4 N–H and O–H groups in total. The predicted molar refractivity (Wildman–Crippen MR) is 95.4 cm³/mol. The van der Waals surface area contributed by atoms with Gasteiger partial charge in [-0.05, 0) is 24.8 Å². The fourth-order valence-corrected chi connectivity index (χ4v) is 3.13. The van der Waals surface area contributed by atoms with E-state index in [0.29, 0.717) is 12.5 Å². The summed E-state index contributed by atoms with van der Waals surface area (Å²) >= 11 is 0. The molecule has 1 aromatic carbocycles. The fraction of sp³-hybridized carbons (Fsp3) is 0.611. The van der Waals surface area contributed by atoms with Crippen molar-refractivity contribution in [3.63, 3.8) is 0 Å². The van der Waals surface area contributed by atoms with Crippen LogP contribution in [0.5, 0.6) is 0 Å². The van der Waals surface area contributed by atoms with Crippen LogP contribution in [0.25, 0.3) is 0 Å². The zero-order valence-corrected chi connectivity index (χ0v) is 14.6. The first-order chi connectivity index (χ1) is 10.6. The Kier molecular flexibility index (Phi) is 8.59. The van der Waals surface area contributed by atoms with Gasteiger partial charge in [0.25, 0.3) is 5.91 Å². The molecule has 2 atom stereocenters. The summed E-state index contributed by atoms with van der Waals surface area (Å²) in [4.78, 5) is 12.0. The van der Waals surface area contributed by atoms with E-state index in [1.54, 1.807) is 0 Å². The molecule has 0 aliphatic heterocycles. The third kappa shape index (κ3) is 6.50. The number of aliphatic hydroxyl groups is 1. The number of nitrogens with one attached hydrogen (secondary N) is 1. The molecule has 4 nitrogen and oxygen atoms in total. The second-order valence-corrected chi connectivity index (χ2v) is 6.55. The van der Waals surface area contributed by atoms with Gasteiger partial charge < -0.3 is 16.2 Å². The van der Waals surface area contributed by atoms with Gasteiger partial charge >= 0.3 is 0 Å². The molecule has 0 spiro atoms. The first-order valence-electron chi connectivity index (χ1n) is 8.33. The number of carbonyl (C=O) groups excluding carboxylic acids is 1. The molecule has 1 amide bonds. The Labute approximate surface area is 145 Å². The summed E-state index contributed by atoms with van der Waals surface area (Å²) in [6, 6.07) is 7.49. The third-order valence-corrected chi connectivity index (χ3v) is 4.59. The van der Waals surface area contributed by atoms with Crippen LogP contribution in [0.15, 0.2) is 24.3 Å². The monoisotopic (exact) mass is 340 g/mol. The van der Waals surface area contributed by atoms with Crippen LogP contribution < -0.4 is 11.1 Å². The van der Waals surface area contributed by atoms with Gasteiger partial charge in [-0.25, -0.2) is 0 Å². The van der Waals surface area contributed by atoms with Crippen LogP contribution in [0.2, 0.25) is 0 Å². The Morgan fingerprint density at radius 2 is 1.87 bits per heavy atom. The van der Waals surface area contributed by atoms with Gasteiger partial charge in [-0.2, -0.15) is 0 Å². The maximum absolute atomic E-state index is 12.0. The summed E-state index contributed by atoms with van der Waals surface area (Å²) in [6.07, 6.45) is 5.74. The standard InChI is InChI=1S/C18H28N2O2.ClH/c1-13-7-9-15(10-8-13)12-20-18(22)17(21)16(19)11-14-5-3-2-4-6-14;/h7-10,14,16-17,21H,2-6,11-12,19H2,1H3,(H,20,22);1H/t16-,17?;/m1./s1. The SMILES string of the molecule is Cc1ccc(CNC(=O)C(O)[C@H](N)CC2CCCCC2)cc1.Cl. The van der Waals surface area contributed by atoms with E-state index in [0.717, 1.165) is 12.0 Å². The lowest BCUT2D eigenvalue weighted by atomic mass is 9.84. The van der Waals surface area contributed by atoms with E-state index in [-0.39, 0.29) is 18.3 Å². The van der Waals surface area contributed by atoms with Crippen molar-refractivity contribution in [3.05, 3.63) is 35.4 Å². The van der Waals surface area contributed by atoms with Crippen LogP contribution in [0.3, 0.4) is 0 Å². The highest BCUT2D eigenvalue weighted by Gasteiger charge is 2.26. The zero-order valence-electron chi connectivity index (χ0n) is 13.8. The summed E-state index contributed by atoms with van der Waals surface area (Å²) in [6.45, 7) is 2.45. The van der Waals surface area contributed by atoms with Crippen molar-refractivity contribution in [1.29, 1.82) is 0 Å². The molecule has 130 valence electrons. The lowest BCUT2D eigenvalue weighted by Gasteiger charge is -2.26. The maximum Gasteiger partial charge on any atom is 0.250 e. The molecular formula is C18H29ClN2O2. The Morgan fingerprint density at radius 1 is 1.26 bits per heavy atom. The number of hydrogen-bond acceptors (Lipinski definition) is 3. The molecule has 23 heavy (non-hydrogen) atoms. The summed E-state index contributed by atoms with van der Waals surface area (Å²) < 4.78 is 0. The molecule has 0 bridgehead atoms. The lowest BCUT2D eigenvalue weighted by Crippen LogP contribution is -2.47. The lowest BCUT2D eigenvalue weighted by molar-refractivity contribution is -0.130. The molecule has 0 aromatic heterocycles. The number of aryl methyl sites for hydroxylation is 1. The van der Waals surface area contributed by atoms with Crippen molar-refractivity contribution < 1.29 is 9.90 Å². The highest BCUT2D eigenvalue weighted by atomic mass is 35.5. The van der Waals surface area contributed by atoms with Crippen molar-refractivity contribution >= 4 is 18.3 Å². The largest absolute Gasteiger partial charge is 0.382 e. The van der Waals surface area contributed by atoms with Crippen LogP contribution in [0.1, 0.15) is 49.7 Å². The summed E-state index contributed by atoms with van der Waals surface area (Å²) in [5.74, 6) is 0.187. The number of benzene rings is 1. The number of carbonyl (C=O) groups is 1. The highest BCUT2D eigenvalue weighted by molar-refractivity contribution is 5.85. The summed E-state index contributed by atoms with van der Waals surface area (Å²) in [7, 11) is 0. The van der Waals surface area contributed by atoms with E-state index < -0.39 is 12.1 Å². The van der Waals surface area contributed by atoms with Gasteiger partial charge in [-0.3, -0.25) is 4.79 Å². The first-order valence-corrected chi connectivity index (χ1v) is 8.33. The van der Waals surface area contributed by atoms with E-state index in [9.17, 15) is 9.90 Å². The molecule has 1 aliphatic carbocycles. The van der Waals surface area contributed by atoms with Gasteiger partial charge in [0.1, 0.15) is 6.10 Å². The minimum Gasteiger partial charge on any atom is -0.382 e. The molecule has 1 unspecified atom stereocenters. The summed E-state index contributed by atoms with van der Waals surface area (Å²) in [5.41, 5.74) is 8.23. The van der Waals surface area contributed by atoms with Crippen molar-refractivity contribution in [1.82, 2.24) is 5.32 Å². The maximum atomic E-state index is 12.0. The smallest absolute Gasteiger partial charge is 0.250 e. The second-order valence-electron chi connectivity index (χ2n) is 6.55. The number of amides is 1. The average molecular weight is 341 g/mol. The molecule has 0 saturated heterocycles. The molecule has 1 saturated carbocycles. The second kappa shape index (κ2) is 9.91. The Hall–Kier alpha value is -1.10. The minimum absolute atomic E-state index is 0. The topological polar surface area (TPSA) is 75.3 Å². The van der Waals surface area contributed by atoms with Crippen LogP contribution in [0, 0.1) is 12.8 Å². The molecule has 1 aromatic rings. The van der Waals surface area contributed by atoms with Crippen LogP contribution in [0.4, 0.5) is 0 Å².